The minimum atomic E-state index is 0.292. The van der Waals surface area contributed by atoms with E-state index in [1.165, 1.54) is 6.20 Å². The first-order chi connectivity index (χ1) is 4.93. The number of hydrogen-bond donors (Lipinski definition) is 0. The fourth-order valence-electron chi connectivity index (χ4n) is 0.484. The summed E-state index contributed by atoms with van der Waals surface area (Å²) in [7, 11) is 0.558. The highest BCUT2D eigenvalue weighted by molar-refractivity contribution is 6.18. The summed E-state index contributed by atoms with van der Waals surface area (Å²) < 4.78 is 15.5. The molecule has 1 aromatic heterocycles. The van der Waals surface area contributed by atoms with Gasteiger partial charge in [-0.05, 0) is 12.1 Å². The van der Waals surface area contributed by atoms with Gasteiger partial charge >= 0.3 is 7.69 Å². The zero-order valence-electron chi connectivity index (χ0n) is 5.03. The van der Waals surface area contributed by atoms with Crippen LogP contribution in [-0.2, 0) is 4.86 Å². The van der Waals surface area contributed by atoms with Crippen LogP contribution in [0.15, 0.2) is 24.4 Å². The molecule has 3 nitrogen and oxygen atoms in total. The maximum Gasteiger partial charge on any atom is 0.610 e. The number of hydrogen-bond acceptors (Lipinski definition) is 3. The Kier molecular flexibility index (Phi) is 2.70. The van der Waals surface area contributed by atoms with Crippen molar-refractivity contribution in [2.24, 2.45) is 0 Å². The Hall–Kier alpha value is -1.10. The van der Waals surface area contributed by atoms with Crippen molar-refractivity contribution in [2.75, 3.05) is 0 Å². The lowest BCUT2D eigenvalue weighted by Gasteiger charge is -1.96. The van der Waals surface area contributed by atoms with Crippen LogP contribution in [-0.4, -0.2) is 12.7 Å². The van der Waals surface area contributed by atoms with E-state index in [0.717, 1.165) is 0 Å². The predicted octanol–water partition coefficient (Wildman–Crippen LogP) is 0.896. The monoisotopic (exact) mass is 140 g/mol. The molecule has 0 atom stereocenters. The van der Waals surface area contributed by atoms with E-state index in [1.807, 2.05) is 0 Å². The van der Waals surface area contributed by atoms with Gasteiger partial charge in [0.05, 0.1) is 0 Å². The molecule has 1 radical (unpaired) electrons. The van der Waals surface area contributed by atoms with Crippen molar-refractivity contribution in [1.82, 2.24) is 4.98 Å². The van der Waals surface area contributed by atoms with Crippen molar-refractivity contribution in [3.8, 4) is 5.88 Å². The summed E-state index contributed by atoms with van der Waals surface area (Å²) in [4.78, 5) is 6.77. The van der Waals surface area contributed by atoms with Crippen LogP contribution < -0.4 is 4.65 Å². The van der Waals surface area contributed by atoms with E-state index in [9.17, 15) is 4.53 Å². The predicted molar refractivity (Wildman–Crippen MR) is 32.8 cm³/mol. The lowest BCUT2D eigenvalue weighted by molar-refractivity contribution is -0.0176. The first kappa shape index (κ1) is 7.02. The van der Waals surface area contributed by atoms with Gasteiger partial charge in [0.15, 0.2) is 5.88 Å². The summed E-state index contributed by atoms with van der Waals surface area (Å²) in [5.41, 5.74) is 0. The van der Waals surface area contributed by atoms with Crippen molar-refractivity contribution in [3.05, 3.63) is 24.4 Å². The molecule has 10 heavy (non-hydrogen) atoms. The van der Waals surface area contributed by atoms with Crippen molar-refractivity contribution in [3.63, 3.8) is 0 Å². The summed E-state index contributed by atoms with van der Waals surface area (Å²) in [6, 6.07) is 5.02. The number of aromatic nitrogens is 1. The van der Waals surface area contributed by atoms with E-state index in [-0.39, 0.29) is 0 Å². The van der Waals surface area contributed by atoms with Crippen molar-refractivity contribution >= 4 is 7.69 Å². The van der Waals surface area contributed by atoms with Crippen LogP contribution in [0.5, 0.6) is 5.88 Å². The second-order valence-electron chi connectivity index (χ2n) is 1.47. The van der Waals surface area contributed by atoms with Gasteiger partial charge in [-0.15, -0.1) is 0 Å². The summed E-state index contributed by atoms with van der Waals surface area (Å²) in [6.45, 7) is 0. The molecule has 1 heterocycles. The molecule has 0 bridgehead atoms. The van der Waals surface area contributed by atoms with Crippen LogP contribution in [0.2, 0.25) is 0 Å². The molecule has 1 aromatic rings. The number of halogens is 1. The summed E-state index contributed by atoms with van der Waals surface area (Å²) >= 11 is 0. The third-order valence-electron chi connectivity index (χ3n) is 0.843. The highest BCUT2D eigenvalue weighted by Gasteiger charge is 1.96. The van der Waals surface area contributed by atoms with Crippen molar-refractivity contribution in [1.29, 1.82) is 0 Å². The Morgan fingerprint density at radius 1 is 1.50 bits per heavy atom. The second kappa shape index (κ2) is 3.84. The Balaban J connectivity index is 2.43. The zero-order valence-corrected chi connectivity index (χ0v) is 5.03. The van der Waals surface area contributed by atoms with Gasteiger partial charge < -0.3 is 4.65 Å². The number of nitrogens with zero attached hydrogens (tertiary/aromatic N) is 1. The van der Waals surface area contributed by atoms with Gasteiger partial charge in [0.2, 0.25) is 0 Å². The molecular weight excluding hydrogens is 136 g/mol. The van der Waals surface area contributed by atoms with E-state index in [0.29, 0.717) is 13.6 Å². The molecule has 0 amide bonds. The molecule has 5 heteroatoms. The fourth-order valence-corrected chi connectivity index (χ4v) is 0.484. The molecule has 0 spiro atoms. The normalized spacial score (nSPS) is 8.90. The maximum atomic E-state index is 11.0. The quantitative estimate of drug-likeness (QED) is 0.584. The first-order valence-electron chi connectivity index (χ1n) is 2.60. The van der Waals surface area contributed by atoms with Gasteiger partial charge in [0, 0.05) is 6.20 Å². The van der Waals surface area contributed by atoms with Crippen LogP contribution in [0.1, 0.15) is 0 Å². The molecule has 0 saturated carbocycles. The van der Waals surface area contributed by atoms with Gasteiger partial charge in [-0.1, -0.05) is 10.6 Å². The van der Waals surface area contributed by atoms with Crippen LogP contribution in [0.4, 0.5) is 4.53 Å². The third-order valence-corrected chi connectivity index (χ3v) is 0.843. The van der Waals surface area contributed by atoms with Crippen molar-refractivity contribution < 1.29 is 14.0 Å². The highest BCUT2D eigenvalue weighted by Crippen LogP contribution is 2.01. The van der Waals surface area contributed by atoms with E-state index < -0.39 is 0 Å². The van der Waals surface area contributed by atoms with E-state index >= 15 is 0 Å². The van der Waals surface area contributed by atoms with Crippen molar-refractivity contribution in [2.45, 2.75) is 0 Å². The Labute approximate surface area is 58.0 Å². The molecule has 0 aromatic carbocycles. The summed E-state index contributed by atoms with van der Waals surface area (Å²) in [5.74, 6) is 0.292. The Morgan fingerprint density at radius 3 is 3.00 bits per heavy atom. The minimum Gasteiger partial charge on any atom is -0.522 e. The Bertz CT molecular complexity index is 184. The number of pyridine rings is 1. The second-order valence-corrected chi connectivity index (χ2v) is 1.47. The van der Waals surface area contributed by atoms with Gasteiger partial charge in [-0.3, -0.25) is 0 Å². The largest absolute Gasteiger partial charge is 0.610 e. The van der Waals surface area contributed by atoms with Gasteiger partial charge in [-0.2, -0.15) is 0 Å². The standard InChI is InChI=1S/C5H4BFNO2/c7-10-6-9-5-3-1-2-4-8-5/h1-4H. The van der Waals surface area contributed by atoms with E-state index in [2.05, 4.69) is 14.5 Å². The highest BCUT2D eigenvalue weighted by atomic mass is 19.3. The molecule has 0 N–H and O–H groups in total. The summed E-state index contributed by atoms with van der Waals surface area (Å²) in [6.07, 6.45) is 1.53. The fraction of sp³-hybridized carbons (Fsp3) is 0. The van der Waals surface area contributed by atoms with Crippen LogP contribution in [0.25, 0.3) is 0 Å². The molecule has 0 unspecified atom stereocenters. The molecule has 0 fully saturated rings. The summed E-state index contributed by atoms with van der Waals surface area (Å²) in [5, 5.41) is 0. The van der Waals surface area contributed by atoms with E-state index in [4.69, 9.17) is 0 Å². The topological polar surface area (TPSA) is 31.4 Å². The van der Waals surface area contributed by atoms with E-state index in [1.54, 1.807) is 18.2 Å². The molecule has 1 rings (SSSR count). The molecule has 51 valence electrons. The molecular formula is C5H4BFNO2. The lowest BCUT2D eigenvalue weighted by Crippen LogP contribution is -2.02. The van der Waals surface area contributed by atoms with Crippen LogP contribution in [0.3, 0.4) is 0 Å². The average molecular weight is 140 g/mol. The average Bonchev–Trinajstić information content (AvgIpc) is 2.03. The van der Waals surface area contributed by atoms with Crippen LogP contribution in [0, 0.1) is 0 Å². The smallest absolute Gasteiger partial charge is 0.522 e. The van der Waals surface area contributed by atoms with Gasteiger partial charge in [0.1, 0.15) is 0 Å². The molecule has 0 aliphatic heterocycles. The third kappa shape index (κ3) is 2.02. The zero-order chi connectivity index (χ0) is 7.23. The SMILES string of the molecule is FO[B]Oc1ccccn1. The van der Waals surface area contributed by atoms with Crippen LogP contribution >= 0.6 is 0 Å². The van der Waals surface area contributed by atoms with Gasteiger partial charge in [0.25, 0.3) is 0 Å². The first-order valence-corrected chi connectivity index (χ1v) is 2.60. The Morgan fingerprint density at radius 2 is 2.40 bits per heavy atom. The lowest BCUT2D eigenvalue weighted by atomic mass is 10.4. The molecule has 0 saturated heterocycles. The molecule has 0 aliphatic rings. The maximum absolute atomic E-state index is 11.0. The molecule has 0 aliphatic carbocycles. The minimum absolute atomic E-state index is 0.292. The number of rotatable bonds is 3. The van der Waals surface area contributed by atoms with Gasteiger partial charge in [-0.25, -0.2) is 9.84 Å².